The van der Waals surface area contributed by atoms with Gasteiger partial charge in [-0.3, -0.25) is 0 Å². The number of rotatable bonds is 15. The van der Waals surface area contributed by atoms with Crippen LogP contribution in [0.2, 0.25) is 0 Å². The maximum absolute atomic E-state index is 13.7. The van der Waals surface area contributed by atoms with Crippen molar-refractivity contribution in [2.45, 2.75) is 50.3 Å². The van der Waals surface area contributed by atoms with Crippen LogP contribution in [-0.2, 0) is 26.1 Å². The van der Waals surface area contributed by atoms with Gasteiger partial charge in [-0.05, 0) is 65.4 Å². The van der Waals surface area contributed by atoms with Crippen LogP contribution < -0.4 is 14.8 Å². The number of carbonyl (C=O) groups excluding carboxylic acids is 1. The monoisotopic (exact) mass is 622 g/mol. The summed E-state index contributed by atoms with van der Waals surface area (Å²) in [6, 6.07) is 23.1. The van der Waals surface area contributed by atoms with Gasteiger partial charge in [0.15, 0.2) is 0 Å². The van der Waals surface area contributed by atoms with E-state index in [9.17, 15) is 13.2 Å². The molecule has 1 fully saturated rings. The van der Waals surface area contributed by atoms with Crippen LogP contribution in [0.25, 0.3) is 5.57 Å². The van der Waals surface area contributed by atoms with Crippen LogP contribution in [0.15, 0.2) is 90.3 Å². The standard InChI is InChI=1S/C34H42N2O7S/c1-25(2)22-36(44(38,39)32-16-14-29(40-4)15-17-32)20-18-33(35-34(37)43-31-19-21-41-24-31)26(3)28-10-12-30(13-11-28)42-23-27-8-6-5-7-9-27/h5-17,25,31,33H,3,18-24H2,1-2,4H3,(H,35,37)/t31-,33+/m0/s1. The molecule has 236 valence electrons. The summed E-state index contributed by atoms with van der Waals surface area (Å²) in [5, 5.41) is 2.93. The zero-order valence-electron chi connectivity index (χ0n) is 25.6. The molecule has 1 aliphatic rings. The lowest BCUT2D eigenvalue weighted by atomic mass is 9.97. The van der Waals surface area contributed by atoms with Crippen LogP contribution in [0, 0.1) is 5.92 Å². The molecule has 3 aromatic rings. The van der Waals surface area contributed by atoms with Gasteiger partial charge < -0.3 is 24.3 Å². The van der Waals surface area contributed by atoms with E-state index in [1.807, 2.05) is 68.4 Å². The molecule has 0 radical (unpaired) electrons. The first-order valence-corrected chi connectivity index (χ1v) is 16.2. The van der Waals surface area contributed by atoms with Gasteiger partial charge in [0.1, 0.15) is 24.2 Å². The average Bonchev–Trinajstić information content (AvgIpc) is 3.54. The number of methoxy groups -OCH3 is 1. The van der Waals surface area contributed by atoms with E-state index in [0.29, 0.717) is 49.9 Å². The number of alkyl carbamates (subject to hydrolysis) is 1. The fourth-order valence-corrected chi connectivity index (χ4v) is 6.48. The van der Waals surface area contributed by atoms with Crippen LogP contribution in [0.4, 0.5) is 4.79 Å². The molecule has 1 saturated heterocycles. The largest absolute Gasteiger partial charge is 0.497 e. The summed E-state index contributed by atoms with van der Waals surface area (Å²) in [6.45, 7) is 10.0. The predicted molar refractivity (Wildman–Crippen MR) is 170 cm³/mol. The predicted octanol–water partition coefficient (Wildman–Crippen LogP) is 5.91. The maximum Gasteiger partial charge on any atom is 0.407 e. The Hall–Kier alpha value is -3.86. The lowest BCUT2D eigenvalue weighted by Crippen LogP contribution is -2.42. The van der Waals surface area contributed by atoms with Gasteiger partial charge in [0, 0.05) is 19.5 Å². The van der Waals surface area contributed by atoms with Crippen LogP contribution in [0.3, 0.4) is 0 Å². The van der Waals surface area contributed by atoms with Gasteiger partial charge in [0.2, 0.25) is 10.0 Å². The minimum absolute atomic E-state index is 0.0772. The second kappa shape index (κ2) is 15.7. The number of nitrogens with one attached hydrogen (secondary N) is 1. The second-order valence-electron chi connectivity index (χ2n) is 11.1. The van der Waals surface area contributed by atoms with E-state index in [1.54, 1.807) is 24.3 Å². The first kappa shape index (κ1) is 33.0. The second-order valence-corrected chi connectivity index (χ2v) is 13.1. The first-order chi connectivity index (χ1) is 21.2. The topological polar surface area (TPSA) is 103 Å². The van der Waals surface area contributed by atoms with Crippen molar-refractivity contribution in [3.63, 3.8) is 0 Å². The molecule has 0 aromatic heterocycles. The summed E-state index contributed by atoms with van der Waals surface area (Å²) < 4.78 is 50.9. The van der Waals surface area contributed by atoms with Crippen LogP contribution in [0.5, 0.6) is 11.5 Å². The van der Waals surface area contributed by atoms with E-state index in [0.717, 1.165) is 11.1 Å². The molecular weight excluding hydrogens is 580 g/mol. The van der Waals surface area contributed by atoms with Gasteiger partial charge in [-0.25, -0.2) is 13.2 Å². The summed E-state index contributed by atoms with van der Waals surface area (Å²) in [5.41, 5.74) is 2.48. The Bertz CT molecular complexity index is 1450. The third-order valence-electron chi connectivity index (χ3n) is 7.28. The Morgan fingerprint density at radius 1 is 1.02 bits per heavy atom. The van der Waals surface area contributed by atoms with Crippen LogP contribution >= 0.6 is 0 Å². The van der Waals surface area contributed by atoms with Crippen molar-refractivity contribution >= 4 is 21.7 Å². The molecule has 10 heteroatoms. The Balaban J connectivity index is 1.50. The average molecular weight is 623 g/mol. The van der Waals surface area contributed by atoms with Gasteiger partial charge >= 0.3 is 6.09 Å². The number of ether oxygens (including phenoxy) is 4. The molecule has 1 amide bonds. The molecule has 3 aromatic carbocycles. The minimum atomic E-state index is -3.82. The van der Waals surface area contributed by atoms with Crippen molar-refractivity contribution < 1.29 is 32.2 Å². The number of benzene rings is 3. The zero-order chi connectivity index (χ0) is 31.5. The quantitative estimate of drug-likeness (QED) is 0.225. The molecular formula is C34H42N2O7S. The Morgan fingerprint density at radius 3 is 2.32 bits per heavy atom. The third kappa shape index (κ3) is 9.32. The van der Waals surface area contributed by atoms with Crippen molar-refractivity contribution in [1.82, 2.24) is 9.62 Å². The molecule has 2 atom stereocenters. The fourth-order valence-electron chi connectivity index (χ4n) is 4.86. The number of sulfonamides is 1. The number of amides is 1. The highest BCUT2D eigenvalue weighted by atomic mass is 32.2. The summed E-state index contributed by atoms with van der Waals surface area (Å²) in [4.78, 5) is 13.1. The van der Waals surface area contributed by atoms with Crippen molar-refractivity contribution in [3.05, 3.63) is 96.6 Å². The van der Waals surface area contributed by atoms with Gasteiger partial charge in [-0.15, -0.1) is 0 Å². The summed E-state index contributed by atoms with van der Waals surface area (Å²) in [6.07, 6.45) is -0.00407. The number of hydrogen-bond donors (Lipinski definition) is 1. The van der Waals surface area contributed by atoms with Crippen molar-refractivity contribution in [2.24, 2.45) is 5.92 Å². The summed E-state index contributed by atoms with van der Waals surface area (Å²) in [7, 11) is -2.29. The van der Waals surface area contributed by atoms with Crippen molar-refractivity contribution in [1.29, 1.82) is 0 Å². The van der Waals surface area contributed by atoms with Gasteiger partial charge in [-0.1, -0.05) is 62.9 Å². The molecule has 0 bridgehead atoms. The van der Waals surface area contributed by atoms with Gasteiger partial charge in [0.25, 0.3) is 0 Å². The number of carbonyl (C=O) groups is 1. The van der Waals surface area contributed by atoms with Crippen molar-refractivity contribution in [2.75, 3.05) is 33.4 Å². The van der Waals surface area contributed by atoms with E-state index in [2.05, 4.69) is 11.9 Å². The summed E-state index contributed by atoms with van der Waals surface area (Å²) in [5.74, 6) is 1.35. The SMILES string of the molecule is C=C(c1ccc(OCc2ccccc2)cc1)[C@@H](CCN(CC(C)C)S(=O)(=O)c1ccc(OC)cc1)NC(=O)O[C@H]1CCOC1. The fraction of sp³-hybridized carbons (Fsp3) is 0.382. The smallest absolute Gasteiger partial charge is 0.407 e. The molecule has 1 aliphatic heterocycles. The molecule has 0 saturated carbocycles. The molecule has 0 unspecified atom stereocenters. The molecule has 1 heterocycles. The van der Waals surface area contributed by atoms with Gasteiger partial charge in [-0.2, -0.15) is 4.31 Å². The highest BCUT2D eigenvalue weighted by Gasteiger charge is 2.28. The number of nitrogens with zero attached hydrogens (tertiary/aromatic N) is 1. The lowest BCUT2D eigenvalue weighted by molar-refractivity contribution is 0.0817. The maximum atomic E-state index is 13.7. The van der Waals surface area contributed by atoms with Crippen molar-refractivity contribution in [3.8, 4) is 11.5 Å². The van der Waals surface area contributed by atoms with E-state index < -0.39 is 22.2 Å². The molecule has 0 spiro atoms. The lowest BCUT2D eigenvalue weighted by Gasteiger charge is -2.28. The Labute approximate surface area is 260 Å². The van der Waals surface area contributed by atoms with E-state index in [1.165, 1.54) is 11.4 Å². The molecule has 44 heavy (non-hydrogen) atoms. The van der Waals surface area contributed by atoms with E-state index in [4.69, 9.17) is 18.9 Å². The zero-order valence-corrected chi connectivity index (χ0v) is 26.4. The van der Waals surface area contributed by atoms with E-state index >= 15 is 0 Å². The Kier molecular flexibility index (Phi) is 11.8. The van der Waals surface area contributed by atoms with Crippen LogP contribution in [0.1, 0.15) is 37.8 Å². The van der Waals surface area contributed by atoms with Crippen LogP contribution in [-0.4, -0.2) is 64.4 Å². The molecule has 1 N–H and O–H groups in total. The first-order valence-electron chi connectivity index (χ1n) is 14.8. The molecule has 9 nitrogen and oxygen atoms in total. The highest BCUT2D eigenvalue weighted by molar-refractivity contribution is 7.89. The minimum Gasteiger partial charge on any atom is -0.497 e. The molecule has 4 rings (SSSR count). The summed E-state index contributed by atoms with van der Waals surface area (Å²) >= 11 is 0. The number of hydrogen-bond acceptors (Lipinski definition) is 7. The highest BCUT2D eigenvalue weighted by Crippen LogP contribution is 2.25. The normalized spacial score (nSPS) is 15.6. The third-order valence-corrected chi connectivity index (χ3v) is 9.16. The van der Waals surface area contributed by atoms with Gasteiger partial charge in [0.05, 0.1) is 31.3 Å². The Morgan fingerprint density at radius 2 is 1.70 bits per heavy atom. The molecule has 0 aliphatic carbocycles. The van der Waals surface area contributed by atoms with E-state index in [-0.39, 0.29) is 29.9 Å².